The summed E-state index contributed by atoms with van der Waals surface area (Å²) < 4.78 is 14.9. The van der Waals surface area contributed by atoms with Crippen molar-refractivity contribution in [2.45, 2.75) is 13.8 Å². The summed E-state index contributed by atoms with van der Waals surface area (Å²) in [5.74, 6) is -1.71. The highest BCUT2D eigenvalue weighted by molar-refractivity contribution is 5.96. The van der Waals surface area contributed by atoms with Crippen molar-refractivity contribution < 1.29 is 28.6 Å². The number of anilines is 1. The fraction of sp³-hybridized carbons (Fsp3) is 0.389. The number of hydrogen-bond donors (Lipinski definition) is 1. The van der Waals surface area contributed by atoms with Crippen LogP contribution in [0.15, 0.2) is 30.2 Å². The minimum absolute atomic E-state index is 0.0838. The highest BCUT2D eigenvalue weighted by Gasteiger charge is 2.20. The Morgan fingerprint density at radius 1 is 1.19 bits per heavy atom. The van der Waals surface area contributed by atoms with E-state index in [-0.39, 0.29) is 24.8 Å². The molecule has 2 amide bonds. The average Bonchev–Trinajstić information content (AvgIpc) is 2.63. The second-order valence-electron chi connectivity index (χ2n) is 5.84. The quantitative estimate of drug-likeness (QED) is 0.763. The first kappa shape index (κ1) is 19.3. The van der Waals surface area contributed by atoms with Crippen LogP contribution in [-0.4, -0.2) is 56.1 Å². The number of carbonyl (C=O) groups excluding carboxylic acids is 3. The molecular weight excluding hydrogens is 340 g/mol. The molecule has 0 unspecified atom stereocenters. The van der Waals surface area contributed by atoms with E-state index < -0.39 is 18.5 Å². The highest BCUT2D eigenvalue weighted by atomic mass is 16.6. The van der Waals surface area contributed by atoms with Crippen LogP contribution >= 0.6 is 0 Å². The largest absolute Gasteiger partial charge is 0.493 e. The predicted molar refractivity (Wildman–Crippen MR) is 93.1 cm³/mol. The lowest BCUT2D eigenvalue weighted by molar-refractivity contribution is -0.152. The van der Waals surface area contributed by atoms with E-state index in [2.05, 4.69) is 5.32 Å². The second kappa shape index (κ2) is 8.89. The van der Waals surface area contributed by atoms with Crippen molar-refractivity contribution in [2.75, 3.05) is 38.7 Å². The van der Waals surface area contributed by atoms with Crippen LogP contribution in [0.2, 0.25) is 0 Å². The molecule has 1 N–H and O–H groups in total. The van der Waals surface area contributed by atoms with E-state index in [0.717, 1.165) is 23.1 Å². The number of amides is 2. The Labute approximate surface area is 151 Å². The molecule has 0 aliphatic carbocycles. The Morgan fingerprint density at radius 3 is 2.50 bits per heavy atom. The van der Waals surface area contributed by atoms with Gasteiger partial charge in [-0.05, 0) is 25.0 Å². The van der Waals surface area contributed by atoms with Gasteiger partial charge in [-0.25, -0.2) is 4.79 Å². The molecule has 1 aromatic rings. The fourth-order valence-corrected chi connectivity index (χ4v) is 2.28. The Morgan fingerprint density at radius 2 is 1.88 bits per heavy atom. The minimum Gasteiger partial charge on any atom is -0.493 e. The number of hydrogen-bond acceptors (Lipinski definition) is 6. The van der Waals surface area contributed by atoms with Gasteiger partial charge in [0.1, 0.15) is 19.5 Å². The molecule has 0 aromatic heterocycles. The molecule has 1 aliphatic heterocycles. The van der Waals surface area contributed by atoms with E-state index in [1.54, 1.807) is 0 Å². The topological polar surface area (TPSA) is 94.2 Å². The molecule has 8 heteroatoms. The third-order valence-corrected chi connectivity index (χ3v) is 3.73. The van der Waals surface area contributed by atoms with Crippen LogP contribution in [0.25, 0.3) is 0 Å². The number of rotatable bonds is 6. The third kappa shape index (κ3) is 5.23. The Hall–Kier alpha value is -3.03. The Balaban J connectivity index is 1.81. The van der Waals surface area contributed by atoms with Gasteiger partial charge in [-0.15, -0.1) is 0 Å². The molecule has 1 aliphatic rings. The molecule has 0 saturated heterocycles. The number of carbonyl (C=O) groups is 3. The second-order valence-corrected chi connectivity index (χ2v) is 5.84. The zero-order chi connectivity index (χ0) is 19.1. The maximum Gasteiger partial charge on any atom is 0.377 e. The highest BCUT2D eigenvalue weighted by Crippen LogP contribution is 2.19. The minimum atomic E-state index is -0.786. The maximum atomic E-state index is 12.2. The van der Waals surface area contributed by atoms with Gasteiger partial charge in [0.05, 0.1) is 6.54 Å². The van der Waals surface area contributed by atoms with E-state index in [9.17, 15) is 14.4 Å². The van der Waals surface area contributed by atoms with Gasteiger partial charge in [0.15, 0.2) is 6.61 Å². The summed E-state index contributed by atoms with van der Waals surface area (Å²) in [6.07, 6.45) is 1.15. The average molecular weight is 362 g/mol. The maximum absolute atomic E-state index is 12.2. The summed E-state index contributed by atoms with van der Waals surface area (Å²) in [5.41, 5.74) is 2.60. The lowest BCUT2D eigenvalue weighted by atomic mass is 10.1. The first-order valence-corrected chi connectivity index (χ1v) is 8.10. The Bertz CT molecular complexity index is 708. The van der Waals surface area contributed by atoms with E-state index in [1.165, 1.54) is 11.9 Å². The molecule has 26 heavy (non-hydrogen) atoms. The zero-order valence-corrected chi connectivity index (χ0v) is 15.0. The number of nitrogens with zero attached hydrogens (tertiary/aromatic N) is 1. The zero-order valence-electron chi connectivity index (χ0n) is 15.0. The van der Waals surface area contributed by atoms with E-state index in [0.29, 0.717) is 6.61 Å². The van der Waals surface area contributed by atoms with Gasteiger partial charge in [-0.1, -0.05) is 18.2 Å². The summed E-state index contributed by atoms with van der Waals surface area (Å²) in [7, 11) is 1.46. The SMILES string of the molecule is Cc1cccc(C)c1NC(=O)CN(C)C(=O)COC(=O)C1=COCCO1. The molecule has 1 aromatic carbocycles. The van der Waals surface area contributed by atoms with Crippen LogP contribution in [0.5, 0.6) is 0 Å². The molecule has 0 radical (unpaired) electrons. The molecule has 0 fully saturated rings. The standard InChI is InChI=1S/C18H22N2O6/c1-12-5-4-6-13(2)17(12)19-15(21)9-20(3)16(22)11-26-18(23)14-10-24-7-8-25-14/h4-6,10H,7-9,11H2,1-3H3,(H,19,21). The van der Waals surface area contributed by atoms with E-state index in [4.69, 9.17) is 14.2 Å². The predicted octanol–water partition coefficient (Wildman–Crippen LogP) is 1.13. The van der Waals surface area contributed by atoms with Crippen molar-refractivity contribution in [1.82, 2.24) is 4.90 Å². The van der Waals surface area contributed by atoms with Gasteiger partial charge in [-0.3, -0.25) is 9.59 Å². The van der Waals surface area contributed by atoms with Crippen LogP contribution in [-0.2, 0) is 28.6 Å². The van der Waals surface area contributed by atoms with Gasteiger partial charge in [0, 0.05) is 12.7 Å². The van der Waals surface area contributed by atoms with Gasteiger partial charge >= 0.3 is 5.97 Å². The number of para-hydroxylation sites is 1. The Kier molecular flexibility index (Phi) is 6.60. The number of aryl methyl sites for hydroxylation is 2. The van der Waals surface area contributed by atoms with Crippen LogP contribution in [0, 0.1) is 13.8 Å². The third-order valence-electron chi connectivity index (χ3n) is 3.73. The number of benzene rings is 1. The number of likely N-dealkylation sites (N-methyl/N-ethyl adjacent to an activating group) is 1. The molecule has 2 rings (SSSR count). The summed E-state index contributed by atoms with van der Waals surface area (Å²) in [6.45, 7) is 3.73. The van der Waals surface area contributed by atoms with Gasteiger partial charge in [0.2, 0.25) is 11.7 Å². The molecule has 0 atom stereocenters. The summed E-state index contributed by atoms with van der Waals surface area (Å²) >= 11 is 0. The van der Waals surface area contributed by atoms with Crippen molar-refractivity contribution in [3.8, 4) is 0 Å². The van der Waals surface area contributed by atoms with Gasteiger partial charge in [0.25, 0.3) is 5.91 Å². The van der Waals surface area contributed by atoms with E-state index in [1.807, 2.05) is 32.0 Å². The first-order valence-electron chi connectivity index (χ1n) is 8.10. The van der Waals surface area contributed by atoms with Crippen molar-refractivity contribution in [3.63, 3.8) is 0 Å². The van der Waals surface area contributed by atoms with Crippen molar-refractivity contribution in [3.05, 3.63) is 41.3 Å². The van der Waals surface area contributed by atoms with Crippen LogP contribution < -0.4 is 5.32 Å². The summed E-state index contributed by atoms with van der Waals surface area (Å²) in [6, 6.07) is 5.69. The normalized spacial score (nSPS) is 13.0. The summed E-state index contributed by atoms with van der Waals surface area (Å²) in [4.78, 5) is 37.1. The van der Waals surface area contributed by atoms with Gasteiger partial charge in [-0.2, -0.15) is 0 Å². The molecule has 0 saturated carbocycles. The number of nitrogens with one attached hydrogen (secondary N) is 1. The molecular formula is C18H22N2O6. The fourth-order valence-electron chi connectivity index (χ4n) is 2.28. The summed E-state index contributed by atoms with van der Waals surface area (Å²) in [5, 5.41) is 2.79. The van der Waals surface area contributed by atoms with E-state index >= 15 is 0 Å². The lowest BCUT2D eigenvalue weighted by Crippen LogP contribution is -2.37. The van der Waals surface area contributed by atoms with Gasteiger partial charge < -0.3 is 24.4 Å². The van der Waals surface area contributed by atoms with Crippen molar-refractivity contribution >= 4 is 23.5 Å². The van der Waals surface area contributed by atoms with Crippen molar-refractivity contribution in [1.29, 1.82) is 0 Å². The van der Waals surface area contributed by atoms with Crippen LogP contribution in [0.3, 0.4) is 0 Å². The molecule has 8 nitrogen and oxygen atoms in total. The number of esters is 1. The molecule has 0 spiro atoms. The van der Waals surface area contributed by atoms with Crippen LogP contribution in [0.4, 0.5) is 5.69 Å². The smallest absolute Gasteiger partial charge is 0.377 e. The lowest BCUT2D eigenvalue weighted by Gasteiger charge is -2.19. The van der Waals surface area contributed by atoms with Crippen molar-refractivity contribution in [2.24, 2.45) is 0 Å². The van der Waals surface area contributed by atoms with Crippen LogP contribution in [0.1, 0.15) is 11.1 Å². The monoisotopic (exact) mass is 362 g/mol. The molecule has 140 valence electrons. The molecule has 1 heterocycles. The number of ether oxygens (including phenoxy) is 3. The molecule has 0 bridgehead atoms. The first-order chi connectivity index (χ1) is 12.4.